The smallest absolute Gasteiger partial charge is 0.362 e. The molecule has 1 aromatic heterocycles. The van der Waals surface area contributed by atoms with Gasteiger partial charge in [-0.2, -0.15) is 4.68 Å². The Kier molecular flexibility index (Phi) is 3.27. The Morgan fingerprint density at radius 2 is 2.06 bits per heavy atom. The number of aryl methyl sites for hydroxylation is 1. The van der Waals surface area contributed by atoms with Gasteiger partial charge in [0.1, 0.15) is 0 Å². The summed E-state index contributed by atoms with van der Waals surface area (Å²) in [4.78, 5) is 11.5. The van der Waals surface area contributed by atoms with Gasteiger partial charge in [0.2, 0.25) is 5.69 Å². The van der Waals surface area contributed by atoms with Crippen LogP contribution in [0.25, 0.3) is 5.69 Å². The van der Waals surface area contributed by atoms with Gasteiger partial charge < -0.3 is 10.5 Å². The number of hydrogen-bond donors (Lipinski definition) is 1. The molecule has 0 saturated carbocycles. The average molecular weight is 246 g/mol. The third kappa shape index (κ3) is 2.17. The molecule has 0 aliphatic rings. The Labute approximate surface area is 104 Å². The van der Waals surface area contributed by atoms with Gasteiger partial charge in [0, 0.05) is 0 Å². The molecule has 0 atom stereocenters. The van der Waals surface area contributed by atoms with Crippen molar-refractivity contribution in [3.63, 3.8) is 0 Å². The number of carbonyl (C=O) groups is 1. The van der Waals surface area contributed by atoms with E-state index in [1.165, 1.54) is 4.68 Å². The summed E-state index contributed by atoms with van der Waals surface area (Å²) in [5.41, 5.74) is 7.76. The molecule has 0 aliphatic heterocycles. The lowest BCUT2D eigenvalue weighted by Gasteiger charge is -2.03. The maximum Gasteiger partial charge on any atom is 0.362 e. The number of aromatic nitrogens is 3. The highest BCUT2D eigenvalue weighted by molar-refractivity contribution is 5.92. The largest absolute Gasteiger partial charge is 0.461 e. The zero-order chi connectivity index (χ0) is 13.1. The first-order valence-corrected chi connectivity index (χ1v) is 5.58. The predicted molar refractivity (Wildman–Crippen MR) is 66.5 cm³/mol. The predicted octanol–water partition coefficient (Wildman–Crippen LogP) is 1.33. The fraction of sp³-hybridized carbons (Fsp3) is 0.250. The van der Waals surface area contributed by atoms with Gasteiger partial charge in [0.05, 0.1) is 12.3 Å². The maximum atomic E-state index is 11.5. The summed E-state index contributed by atoms with van der Waals surface area (Å²) in [5.74, 6) is -0.384. The zero-order valence-corrected chi connectivity index (χ0v) is 10.3. The second-order valence-electron chi connectivity index (χ2n) is 3.79. The molecular weight excluding hydrogens is 232 g/mol. The molecule has 0 radical (unpaired) electrons. The van der Waals surface area contributed by atoms with E-state index in [2.05, 4.69) is 10.3 Å². The number of ether oxygens (including phenoxy) is 1. The van der Waals surface area contributed by atoms with E-state index in [0.717, 1.165) is 11.3 Å². The topological polar surface area (TPSA) is 83.0 Å². The van der Waals surface area contributed by atoms with Crippen molar-refractivity contribution in [3.8, 4) is 5.69 Å². The van der Waals surface area contributed by atoms with Crippen molar-refractivity contribution in [1.29, 1.82) is 0 Å². The monoisotopic (exact) mass is 246 g/mol. The first kappa shape index (κ1) is 12.1. The minimum atomic E-state index is -0.562. The fourth-order valence-corrected chi connectivity index (χ4v) is 1.51. The van der Waals surface area contributed by atoms with E-state index in [9.17, 15) is 4.79 Å². The van der Waals surface area contributed by atoms with Crippen LogP contribution in [0.5, 0.6) is 0 Å². The Morgan fingerprint density at radius 3 is 2.67 bits per heavy atom. The van der Waals surface area contributed by atoms with Crippen molar-refractivity contribution >= 4 is 11.8 Å². The number of carbonyl (C=O) groups excluding carboxylic acids is 1. The van der Waals surface area contributed by atoms with Crippen LogP contribution >= 0.6 is 0 Å². The number of hydrogen-bond acceptors (Lipinski definition) is 5. The van der Waals surface area contributed by atoms with Gasteiger partial charge in [-0.1, -0.05) is 22.9 Å². The quantitative estimate of drug-likeness (QED) is 0.826. The molecule has 0 bridgehead atoms. The van der Waals surface area contributed by atoms with E-state index in [1.807, 2.05) is 31.2 Å². The van der Waals surface area contributed by atoms with Gasteiger partial charge in [-0.05, 0) is 26.0 Å². The SMILES string of the molecule is CCOC(=O)c1nnn(-c2ccc(C)cc2)c1N. The highest BCUT2D eigenvalue weighted by atomic mass is 16.5. The fourth-order valence-electron chi connectivity index (χ4n) is 1.51. The van der Waals surface area contributed by atoms with Gasteiger partial charge in [0.15, 0.2) is 5.82 Å². The summed E-state index contributed by atoms with van der Waals surface area (Å²) in [7, 11) is 0. The molecule has 94 valence electrons. The summed E-state index contributed by atoms with van der Waals surface area (Å²) >= 11 is 0. The van der Waals surface area contributed by atoms with Gasteiger partial charge >= 0.3 is 5.97 Å². The van der Waals surface area contributed by atoms with Crippen molar-refractivity contribution in [3.05, 3.63) is 35.5 Å². The standard InChI is InChI=1S/C12H14N4O2/c1-3-18-12(17)10-11(13)16(15-14-10)9-6-4-8(2)5-7-9/h4-7H,3,13H2,1-2H3. The van der Waals surface area contributed by atoms with E-state index in [-0.39, 0.29) is 18.1 Å². The van der Waals surface area contributed by atoms with Crippen LogP contribution in [-0.2, 0) is 4.74 Å². The van der Waals surface area contributed by atoms with Crippen LogP contribution in [0.15, 0.2) is 24.3 Å². The lowest BCUT2D eigenvalue weighted by Crippen LogP contribution is -2.09. The summed E-state index contributed by atoms with van der Waals surface area (Å²) in [6.45, 7) is 3.98. The van der Waals surface area contributed by atoms with Crippen molar-refractivity contribution < 1.29 is 9.53 Å². The number of anilines is 1. The lowest BCUT2D eigenvalue weighted by atomic mass is 10.2. The van der Waals surface area contributed by atoms with E-state index in [4.69, 9.17) is 10.5 Å². The third-order valence-electron chi connectivity index (χ3n) is 2.45. The maximum absolute atomic E-state index is 11.5. The minimum Gasteiger partial charge on any atom is -0.461 e. The summed E-state index contributed by atoms with van der Waals surface area (Å²) in [5, 5.41) is 7.61. The molecule has 2 rings (SSSR count). The zero-order valence-electron chi connectivity index (χ0n) is 10.3. The summed E-state index contributed by atoms with van der Waals surface area (Å²) in [6, 6.07) is 7.57. The molecule has 0 saturated heterocycles. The van der Waals surface area contributed by atoms with Gasteiger partial charge in [0.25, 0.3) is 0 Å². The van der Waals surface area contributed by atoms with E-state index >= 15 is 0 Å². The summed E-state index contributed by atoms with van der Waals surface area (Å²) in [6.07, 6.45) is 0. The van der Waals surface area contributed by atoms with Crippen LogP contribution < -0.4 is 5.73 Å². The second kappa shape index (κ2) is 4.87. The molecule has 0 fully saturated rings. The molecule has 6 heteroatoms. The van der Waals surface area contributed by atoms with Crippen LogP contribution in [0, 0.1) is 6.92 Å². The summed E-state index contributed by atoms with van der Waals surface area (Å²) < 4.78 is 6.25. The number of benzene rings is 1. The molecule has 0 aliphatic carbocycles. The molecule has 2 aromatic rings. The molecule has 0 amide bonds. The van der Waals surface area contributed by atoms with E-state index in [0.29, 0.717) is 0 Å². The van der Waals surface area contributed by atoms with Crippen LogP contribution in [0.4, 0.5) is 5.82 Å². The molecule has 18 heavy (non-hydrogen) atoms. The normalized spacial score (nSPS) is 10.3. The second-order valence-corrected chi connectivity index (χ2v) is 3.79. The Hall–Kier alpha value is -2.37. The van der Waals surface area contributed by atoms with Crippen molar-refractivity contribution in [2.75, 3.05) is 12.3 Å². The molecule has 6 nitrogen and oxygen atoms in total. The van der Waals surface area contributed by atoms with Crippen LogP contribution in [0.3, 0.4) is 0 Å². The molecular formula is C12H14N4O2. The van der Waals surface area contributed by atoms with Crippen LogP contribution in [0.2, 0.25) is 0 Å². The Balaban J connectivity index is 2.36. The number of esters is 1. The highest BCUT2D eigenvalue weighted by Crippen LogP contribution is 2.16. The number of nitrogens with two attached hydrogens (primary N) is 1. The third-order valence-corrected chi connectivity index (χ3v) is 2.45. The van der Waals surface area contributed by atoms with Crippen LogP contribution in [-0.4, -0.2) is 27.6 Å². The molecule has 0 unspecified atom stereocenters. The number of nitrogens with zero attached hydrogens (tertiary/aromatic N) is 3. The first-order valence-electron chi connectivity index (χ1n) is 5.58. The van der Waals surface area contributed by atoms with Gasteiger partial charge in [-0.25, -0.2) is 4.79 Å². The van der Waals surface area contributed by atoms with Crippen molar-refractivity contribution in [2.24, 2.45) is 0 Å². The Morgan fingerprint density at radius 1 is 1.39 bits per heavy atom. The van der Waals surface area contributed by atoms with Crippen LogP contribution in [0.1, 0.15) is 23.0 Å². The van der Waals surface area contributed by atoms with E-state index < -0.39 is 5.97 Å². The number of rotatable bonds is 3. The van der Waals surface area contributed by atoms with Crippen molar-refractivity contribution in [2.45, 2.75) is 13.8 Å². The minimum absolute atomic E-state index is 0.0393. The van der Waals surface area contributed by atoms with Gasteiger partial charge in [-0.3, -0.25) is 0 Å². The molecule has 0 spiro atoms. The Bertz CT molecular complexity index is 560. The highest BCUT2D eigenvalue weighted by Gasteiger charge is 2.19. The van der Waals surface area contributed by atoms with Gasteiger partial charge in [-0.15, -0.1) is 5.10 Å². The first-order chi connectivity index (χ1) is 8.63. The average Bonchev–Trinajstić information content (AvgIpc) is 2.73. The molecule has 1 heterocycles. The number of nitrogen functional groups attached to an aromatic ring is 1. The van der Waals surface area contributed by atoms with Crippen molar-refractivity contribution in [1.82, 2.24) is 15.0 Å². The molecule has 1 aromatic carbocycles. The van der Waals surface area contributed by atoms with E-state index in [1.54, 1.807) is 6.92 Å². The molecule has 2 N–H and O–H groups in total. The lowest BCUT2D eigenvalue weighted by molar-refractivity contribution is 0.0520.